The molecule has 0 bridgehead atoms. The highest BCUT2D eigenvalue weighted by molar-refractivity contribution is 5.93. The molecule has 0 heterocycles. The zero-order valence-electron chi connectivity index (χ0n) is 11.7. The quantitative estimate of drug-likeness (QED) is 0.796. The van der Waals surface area contributed by atoms with Crippen molar-refractivity contribution < 1.29 is 19.1 Å². The van der Waals surface area contributed by atoms with Crippen molar-refractivity contribution in [3.8, 4) is 0 Å². The Labute approximate surface area is 117 Å². The number of benzene rings is 1. The van der Waals surface area contributed by atoms with Gasteiger partial charge in [-0.1, -0.05) is 0 Å². The molecule has 0 saturated carbocycles. The number of carbonyl (C=O) groups is 3. The van der Waals surface area contributed by atoms with Gasteiger partial charge in [-0.2, -0.15) is 0 Å². The van der Waals surface area contributed by atoms with Gasteiger partial charge in [0.1, 0.15) is 0 Å². The molecular formula is C14H18N2O4. The van der Waals surface area contributed by atoms with E-state index in [1.54, 1.807) is 19.1 Å². The third kappa shape index (κ3) is 4.72. The van der Waals surface area contributed by atoms with Crippen LogP contribution in [0.25, 0.3) is 0 Å². The Balaban J connectivity index is 2.63. The van der Waals surface area contributed by atoms with Crippen LogP contribution in [0.15, 0.2) is 24.3 Å². The van der Waals surface area contributed by atoms with Crippen LogP contribution in [0.5, 0.6) is 0 Å². The van der Waals surface area contributed by atoms with Crippen LogP contribution in [0, 0.1) is 0 Å². The molecule has 0 aromatic heterocycles. The Kier molecular flexibility index (Phi) is 5.71. The third-order valence-corrected chi connectivity index (χ3v) is 2.45. The lowest BCUT2D eigenvalue weighted by Crippen LogP contribution is -2.35. The number of amides is 2. The number of carbonyl (C=O) groups excluding carboxylic acids is 3. The number of rotatable bonds is 5. The molecule has 0 aliphatic heterocycles. The topological polar surface area (TPSA) is 84.5 Å². The second-order valence-corrected chi connectivity index (χ2v) is 4.20. The second kappa shape index (κ2) is 7.28. The van der Waals surface area contributed by atoms with E-state index in [1.165, 1.54) is 26.0 Å². The van der Waals surface area contributed by atoms with Gasteiger partial charge in [-0.15, -0.1) is 0 Å². The SMILES string of the molecule is CCNC(=O)[C@H](C)OC(=O)c1ccc(NC(C)=O)cc1. The van der Waals surface area contributed by atoms with Crippen LogP contribution in [0.2, 0.25) is 0 Å². The van der Waals surface area contributed by atoms with E-state index in [4.69, 9.17) is 4.74 Å². The molecule has 6 heteroatoms. The molecule has 2 amide bonds. The molecule has 2 N–H and O–H groups in total. The average Bonchev–Trinajstić information content (AvgIpc) is 2.39. The van der Waals surface area contributed by atoms with Gasteiger partial charge in [-0.3, -0.25) is 9.59 Å². The Morgan fingerprint density at radius 1 is 1.20 bits per heavy atom. The molecule has 20 heavy (non-hydrogen) atoms. The van der Waals surface area contributed by atoms with Crippen LogP contribution in [-0.2, 0) is 14.3 Å². The normalized spacial score (nSPS) is 11.3. The van der Waals surface area contributed by atoms with Crippen molar-refractivity contribution in [2.75, 3.05) is 11.9 Å². The van der Waals surface area contributed by atoms with E-state index in [0.29, 0.717) is 17.8 Å². The van der Waals surface area contributed by atoms with Gasteiger partial charge in [0.15, 0.2) is 6.10 Å². The number of hydrogen-bond acceptors (Lipinski definition) is 4. The van der Waals surface area contributed by atoms with Crippen LogP contribution in [0.1, 0.15) is 31.1 Å². The minimum absolute atomic E-state index is 0.190. The summed E-state index contributed by atoms with van der Waals surface area (Å²) in [5.74, 6) is -1.11. The summed E-state index contributed by atoms with van der Waals surface area (Å²) in [7, 11) is 0. The first-order chi connectivity index (χ1) is 9.43. The molecule has 108 valence electrons. The Morgan fingerprint density at radius 2 is 1.80 bits per heavy atom. The minimum atomic E-state index is -0.850. The number of ether oxygens (including phenoxy) is 1. The van der Waals surface area contributed by atoms with Gasteiger partial charge in [0.25, 0.3) is 5.91 Å². The molecule has 1 aromatic carbocycles. The maximum Gasteiger partial charge on any atom is 0.338 e. The molecule has 0 saturated heterocycles. The highest BCUT2D eigenvalue weighted by Gasteiger charge is 2.17. The van der Waals surface area contributed by atoms with Gasteiger partial charge in [0, 0.05) is 19.2 Å². The zero-order valence-corrected chi connectivity index (χ0v) is 11.7. The summed E-state index contributed by atoms with van der Waals surface area (Å²) in [6.07, 6.45) is -0.850. The Hall–Kier alpha value is -2.37. The Bertz CT molecular complexity index is 496. The van der Waals surface area contributed by atoms with Gasteiger partial charge in [0.05, 0.1) is 5.56 Å². The fourth-order valence-electron chi connectivity index (χ4n) is 1.49. The van der Waals surface area contributed by atoms with Crippen LogP contribution >= 0.6 is 0 Å². The van der Waals surface area contributed by atoms with E-state index in [2.05, 4.69) is 10.6 Å². The monoisotopic (exact) mass is 278 g/mol. The largest absolute Gasteiger partial charge is 0.449 e. The van der Waals surface area contributed by atoms with Crippen molar-refractivity contribution in [3.63, 3.8) is 0 Å². The molecule has 0 aliphatic carbocycles. The summed E-state index contributed by atoms with van der Waals surface area (Å²) < 4.78 is 5.03. The molecule has 0 radical (unpaired) electrons. The van der Waals surface area contributed by atoms with E-state index in [9.17, 15) is 14.4 Å². The fraction of sp³-hybridized carbons (Fsp3) is 0.357. The van der Waals surface area contributed by atoms with E-state index in [1.807, 2.05) is 0 Å². The van der Waals surface area contributed by atoms with Crippen molar-refractivity contribution in [3.05, 3.63) is 29.8 Å². The van der Waals surface area contributed by atoms with Gasteiger partial charge in [0.2, 0.25) is 5.91 Å². The van der Waals surface area contributed by atoms with Crippen molar-refractivity contribution in [1.29, 1.82) is 0 Å². The van der Waals surface area contributed by atoms with Crippen molar-refractivity contribution in [2.24, 2.45) is 0 Å². The maximum atomic E-state index is 11.8. The average molecular weight is 278 g/mol. The summed E-state index contributed by atoms with van der Waals surface area (Å²) in [5, 5.41) is 5.16. The van der Waals surface area contributed by atoms with Crippen molar-refractivity contribution >= 4 is 23.5 Å². The molecule has 6 nitrogen and oxygen atoms in total. The van der Waals surface area contributed by atoms with Crippen LogP contribution in [-0.4, -0.2) is 30.4 Å². The van der Waals surface area contributed by atoms with E-state index < -0.39 is 12.1 Å². The van der Waals surface area contributed by atoms with E-state index >= 15 is 0 Å². The maximum absolute atomic E-state index is 11.8. The van der Waals surface area contributed by atoms with E-state index in [-0.39, 0.29) is 11.8 Å². The lowest BCUT2D eigenvalue weighted by molar-refractivity contribution is -0.129. The van der Waals surface area contributed by atoms with Crippen LogP contribution in [0.3, 0.4) is 0 Å². The van der Waals surface area contributed by atoms with Gasteiger partial charge in [-0.05, 0) is 38.1 Å². The third-order valence-electron chi connectivity index (χ3n) is 2.45. The number of nitrogens with one attached hydrogen (secondary N) is 2. The first kappa shape index (κ1) is 15.7. The first-order valence-electron chi connectivity index (χ1n) is 6.30. The summed E-state index contributed by atoms with van der Waals surface area (Å²) in [5.41, 5.74) is 0.904. The standard InChI is InChI=1S/C14H18N2O4/c1-4-15-13(18)9(2)20-14(19)11-5-7-12(8-6-11)16-10(3)17/h5-9H,4H2,1-3H3,(H,15,18)(H,16,17)/t9-/m0/s1. The second-order valence-electron chi connectivity index (χ2n) is 4.20. The summed E-state index contributed by atoms with van der Waals surface area (Å²) in [6.45, 7) is 5.17. The minimum Gasteiger partial charge on any atom is -0.449 e. The summed E-state index contributed by atoms with van der Waals surface area (Å²) in [4.78, 5) is 34.1. The number of anilines is 1. The molecule has 0 unspecified atom stereocenters. The molecule has 0 fully saturated rings. The van der Waals surface area contributed by atoms with Crippen molar-refractivity contribution in [1.82, 2.24) is 5.32 Å². The highest BCUT2D eigenvalue weighted by Crippen LogP contribution is 2.11. The van der Waals surface area contributed by atoms with Gasteiger partial charge in [-0.25, -0.2) is 4.79 Å². The highest BCUT2D eigenvalue weighted by atomic mass is 16.5. The fourth-order valence-corrected chi connectivity index (χ4v) is 1.49. The van der Waals surface area contributed by atoms with Crippen molar-refractivity contribution in [2.45, 2.75) is 26.9 Å². The number of esters is 1. The van der Waals surface area contributed by atoms with Crippen LogP contribution < -0.4 is 10.6 Å². The van der Waals surface area contributed by atoms with Gasteiger partial charge < -0.3 is 15.4 Å². The Morgan fingerprint density at radius 3 is 2.30 bits per heavy atom. The molecule has 1 aromatic rings. The summed E-state index contributed by atoms with van der Waals surface area (Å²) >= 11 is 0. The predicted octanol–water partition coefficient (Wildman–Crippen LogP) is 1.33. The predicted molar refractivity (Wildman–Crippen MR) is 74.3 cm³/mol. The number of hydrogen-bond donors (Lipinski definition) is 2. The molecule has 1 rings (SSSR count). The molecule has 0 aliphatic rings. The van der Waals surface area contributed by atoms with E-state index in [0.717, 1.165) is 0 Å². The van der Waals surface area contributed by atoms with Crippen LogP contribution in [0.4, 0.5) is 5.69 Å². The number of likely N-dealkylation sites (N-methyl/N-ethyl adjacent to an activating group) is 1. The first-order valence-corrected chi connectivity index (χ1v) is 6.30. The lowest BCUT2D eigenvalue weighted by atomic mass is 10.2. The lowest BCUT2D eigenvalue weighted by Gasteiger charge is -2.12. The zero-order chi connectivity index (χ0) is 15.1. The molecular weight excluding hydrogens is 260 g/mol. The summed E-state index contributed by atoms with van der Waals surface area (Å²) in [6, 6.07) is 6.24. The molecule has 0 spiro atoms. The smallest absolute Gasteiger partial charge is 0.338 e. The van der Waals surface area contributed by atoms with Gasteiger partial charge >= 0.3 is 5.97 Å². The molecule has 1 atom stereocenters.